The summed E-state index contributed by atoms with van der Waals surface area (Å²) in [5.41, 5.74) is 0. The van der Waals surface area contributed by atoms with Gasteiger partial charge < -0.3 is 5.11 Å². The Morgan fingerprint density at radius 3 is 2.25 bits per heavy atom. The van der Waals surface area contributed by atoms with E-state index in [-0.39, 0.29) is 13.2 Å². The van der Waals surface area contributed by atoms with E-state index in [0.29, 0.717) is 6.54 Å². The summed E-state index contributed by atoms with van der Waals surface area (Å²) < 4.78 is 29.9. The van der Waals surface area contributed by atoms with Crippen LogP contribution in [0.25, 0.3) is 0 Å². The van der Waals surface area contributed by atoms with Crippen molar-refractivity contribution in [3.63, 3.8) is 0 Å². The van der Waals surface area contributed by atoms with Gasteiger partial charge in [-0.1, -0.05) is 6.92 Å². The van der Waals surface area contributed by atoms with E-state index < -0.39 is 15.5 Å². The lowest BCUT2D eigenvalue weighted by Crippen LogP contribution is -2.40. The lowest BCUT2D eigenvalue weighted by Gasteiger charge is -2.23. The first-order valence-corrected chi connectivity index (χ1v) is 5.25. The third-order valence-electron chi connectivity index (χ3n) is 1.74. The van der Waals surface area contributed by atoms with Gasteiger partial charge in [0.15, 0.2) is 0 Å². The van der Waals surface area contributed by atoms with E-state index in [1.807, 2.05) is 0 Å². The number of aliphatic hydroxyl groups is 1. The summed E-state index contributed by atoms with van der Waals surface area (Å²) in [5.74, 6) is 0. The van der Waals surface area contributed by atoms with Crippen molar-refractivity contribution in [2.45, 2.75) is 19.2 Å². The van der Waals surface area contributed by atoms with Crippen molar-refractivity contribution in [3.8, 4) is 0 Å². The summed E-state index contributed by atoms with van der Waals surface area (Å²) in [6.45, 7) is 3.75. The Labute approximate surface area is 72.7 Å². The predicted molar refractivity (Wildman–Crippen MR) is 45.3 cm³/mol. The van der Waals surface area contributed by atoms with Crippen LogP contribution >= 0.6 is 0 Å². The van der Waals surface area contributed by atoms with Crippen LogP contribution in [0.1, 0.15) is 13.8 Å². The Kier molecular flexibility index (Phi) is 4.69. The second-order valence-electron chi connectivity index (χ2n) is 2.47. The molecule has 0 aromatic heterocycles. The minimum atomic E-state index is -4.02. The molecule has 1 unspecified atom stereocenters. The minimum absolute atomic E-state index is 0.117. The number of likely N-dealkylation sites (N-methyl/N-ethyl adjacent to an activating group) is 1. The molecule has 0 saturated carbocycles. The van der Waals surface area contributed by atoms with E-state index >= 15 is 0 Å². The van der Waals surface area contributed by atoms with Crippen LogP contribution in [-0.4, -0.2) is 48.0 Å². The quantitative estimate of drug-likeness (QED) is 0.583. The van der Waals surface area contributed by atoms with E-state index in [9.17, 15) is 8.42 Å². The fourth-order valence-corrected chi connectivity index (χ4v) is 1.55. The van der Waals surface area contributed by atoms with Crippen molar-refractivity contribution in [1.29, 1.82) is 0 Å². The molecule has 12 heavy (non-hydrogen) atoms. The van der Waals surface area contributed by atoms with Gasteiger partial charge in [-0.2, -0.15) is 8.42 Å². The van der Waals surface area contributed by atoms with Crippen LogP contribution < -0.4 is 0 Å². The van der Waals surface area contributed by atoms with Gasteiger partial charge in [-0.05, 0) is 13.5 Å². The van der Waals surface area contributed by atoms with Gasteiger partial charge in [0.1, 0.15) is 5.37 Å². The second kappa shape index (κ2) is 4.76. The zero-order valence-corrected chi connectivity index (χ0v) is 8.08. The predicted octanol–water partition coefficient (Wildman–Crippen LogP) is -0.466. The number of hydrogen-bond donors (Lipinski definition) is 2. The third-order valence-corrected chi connectivity index (χ3v) is 2.90. The van der Waals surface area contributed by atoms with Crippen LogP contribution in [0.2, 0.25) is 0 Å². The fourth-order valence-electron chi connectivity index (χ4n) is 0.914. The van der Waals surface area contributed by atoms with Gasteiger partial charge in [-0.15, -0.1) is 0 Å². The molecular formula is C6H15NO4S. The molecule has 0 rings (SSSR count). The maximum atomic E-state index is 10.6. The highest BCUT2D eigenvalue weighted by atomic mass is 32.2. The first-order chi connectivity index (χ1) is 5.43. The van der Waals surface area contributed by atoms with Crippen molar-refractivity contribution in [3.05, 3.63) is 0 Å². The monoisotopic (exact) mass is 197 g/mol. The number of aliphatic hydroxyl groups excluding tert-OH is 1. The molecule has 1 atom stereocenters. The first kappa shape index (κ1) is 11.8. The Morgan fingerprint density at radius 1 is 1.50 bits per heavy atom. The van der Waals surface area contributed by atoms with Crippen LogP contribution in [0.15, 0.2) is 0 Å². The Balaban J connectivity index is 4.31. The number of rotatable bonds is 5. The molecule has 0 aromatic carbocycles. The van der Waals surface area contributed by atoms with Crippen molar-refractivity contribution >= 4 is 10.1 Å². The average Bonchev–Trinajstić information content (AvgIpc) is 1.97. The van der Waals surface area contributed by atoms with Crippen molar-refractivity contribution < 1.29 is 18.1 Å². The maximum Gasteiger partial charge on any atom is 0.280 e. The van der Waals surface area contributed by atoms with Gasteiger partial charge in [0.25, 0.3) is 10.1 Å². The maximum absolute atomic E-state index is 10.6. The molecule has 0 aliphatic heterocycles. The SMILES string of the molecule is CCN(CCO)C(C)S(=O)(=O)O. The van der Waals surface area contributed by atoms with E-state index in [0.717, 1.165) is 0 Å². The lowest BCUT2D eigenvalue weighted by molar-refractivity contribution is 0.189. The summed E-state index contributed by atoms with van der Waals surface area (Å²) in [6, 6.07) is 0. The normalized spacial score (nSPS) is 15.1. The van der Waals surface area contributed by atoms with Gasteiger partial charge in [0.05, 0.1) is 6.61 Å². The van der Waals surface area contributed by atoms with Gasteiger partial charge >= 0.3 is 0 Å². The molecule has 6 heteroatoms. The molecule has 0 saturated heterocycles. The molecule has 0 heterocycles. The fraction of sp³-hybridized carbons (Fsp3) is 1.00. The Morgan fingerprint density at radius 2 is 2.00 bits per heavy atom. The van der Waals surface area contributed by atoms with E-state index in [1.54, 1.807) is 6.92 Å². The summed E-state index contributed by atoms with van der Waals surface area (Å²) in [7, 11) is -4.02. The summed E-state index contributed by atoms with van der Waals surface area (Å²) >= 11 is 0. The van der Waals surface area contributed by atoms with Crippen LogP contribution in [0.3, 0.4) is 0 Å². The number of nitrogens with zero attached hydrogens (tertiary/aromatic N) is 1. The molecule has 0 aliphatic rings. The molecule has 0 bridgehead atoms. The van der Waals surface area contributed by atoms with Gasteiger partial charge in [0.2, 0.25) is 0 Å². The molecule has 0 aromatic rings. The van der Waals surface area contributed by atoms with E-state index in [4.69, 9.17) is 9.66 Å². The standard InChI is InChI=1S/C6H15NO4S/c1-3-7(4-5-8)6(2)12(9,10)11/h6,8H,3-5H2,1-2H3,(H,9,10,11). The van der Waals surface area contributed by atoms with Gasteiger partial charge in [0, 0.05) is 6.54 Å². The summed E-state index contributed by atoms with van der Waals surface area (Å²) in [6.07, 6.45) is 0. The highest BCUT2D eigenvalue weighted by Gasteiger charge is 2.22. The van der Waals surface area contributed by atoms with Crippen LogP contribution in [0, 0.1) is 0 Å². The molecule has 0 fully saturated rings. The molecule has 0 spiro atoms. The molecule has 2 N–H and O–H groups in total. The van der Waals surface area contributed by atoms with Gasteiger partial charge in [-0.25, -0.2) is 0 Å². The molecular weight excluding hydrogens is 182 g/mol. The Hall–Kier alpha value is -0.170. The average molecular weight is 197 g/mol. The first-order valence-electron chi connectivity index (χ1n) is 3.74. The second-order valence-corrected chi connectivity index (χ2v) is 4.18. The van der Waals surface area contributed by atoms with Crippen molar-refractivity contribution in [1.82, 2.24) is 4.90 Å². The smallest absolute Gasteiger partial charge is 0.280 e. The topological polar surface area (TPSA) is 77.8 Å². The largest absolute Gasteiger partial charge is 0.395 e. The van der Waals surface area contributed by atoms with Gasteiger partial charge in [-0.3, -0.25) is 9.45 Å². The molecule has 0 amide bonds. The third kappa shape index (κ3) is 3.48. The van der Waals surface area contributed by atoms with Crippen molar-refractivity contribution in [2.24, 2.45) is 0 Å². The number of hydrogen-bond acceptors (Lipinski definition) is 4. The summed E-state index contributed by atoms with van der Waals surface area (Å²) in [5, 5.41) is 7.61. The highest BCUT2D eigenvalue weighted by molar-refractivity contribution is 7.86. The van der Waals surface area contributed by atoms with Crippen LogP contribution in [0.4, 0.5) is 0 Å². The van der Waals surface area contributed by atoms with Crippen LogP contribution in [-0.2, 0) is 10.1 Å². The summed E-state index contributed by atoms with van der Waals surface area (Å²) in [4.78, 5) is 1.47. The van der Waals surface area contributed by atoms with Crippen LogP contribution in [0.5, 0.6) is 0 Å². The molecule has 74 valence electrons. The zero-order valence-electron chi connectivity index (χ0n) is 7.27. The highest BCUT2D eigenvalue weighted by Crippen LogP contribution is 2.04. The van der Waals surface area contributed by atoms with E-state index in [1.165, 1.54) is 11.8 Å². The molecule has 5 nitrogen and oxygen atoms in total. The zero-order chi connectivity index (χ0) is 9.78. The van der Waals surface area contributed by atoms with Crippen molar-refractivity contribution in [2.75, 3.05) is 19.7 Å². The molecule has 0 aliphatic carbocycles. The minimum Gasteiger partial charge on any atom is -0.395 e. The molecule has 0 radical (unpaired) electrons. The Bertz CT molecular complexity index is 214. The van der Waals surface area contributed by atoms with E-state index in [2.05, 4.69) is 0 Å². The lowest BCUT2D eigenvalue weighted by atomic mass is 10.5.